The number of aromatic nitrogens is 2. The SMILES string of the molecule is Br.Clc1ccn2cc(CBr)nc2c1. The molecule has 0 fully saturated rings. The number of hydrogen-bond acceptors (Lipinski definition) is 1. The fourth-order valence-corrected chi connectivity index (χ4v) is 1.50. The second kappa shape index (κ2) is 4.44. The first-order valence-corrected chi connectivity index (χ1v) is 4.98. The fourth-order valence-electron chi connectivity index (χ4n) is 1.07. The maximum Gasteiger partial charge on any atom is 0.138 e. The number of nitrogens with zero attached hydrogens (tertiary/aromatic N) is 2. The largest absolute Gasteiger partial charge is 0.307 e. The van der Waals surface area contributed by atoms with Crippen molar-refractivity contribution in [1.29, 1.82) is 0 Å². The first-order chi connectivity index (χ1) is 5.79. The van der Waals surface area contributed by atoms with Crippen molar-refractivity contribution in [3.05, 3.63) is 35.2 Å². The highest BCUT2D eigenvalue weighted by atomic mass is 79.9. The third-order valence-corrected chi connectivity index (χ3v) is 2.42. The summed E-state index contributed by atoms with van der Waals surface area (Å²) < 4.78 is 1.95. The summed E-state index contributed by atoms with van der Waals surface area (Å²) in [6, 6.07) is 3.68. The number of alkyl halides is 1. The second-order valence-corrected chi connectivity index (χ2v) is 3.47. The molecule has 13 heavy (non-hydrogen) atoms. The van der Waals surface area contributed by atoms with Crippen LogP contribution in [0.2, 0.25) is 5.02 Å². The maximum atomic E-state index is 5.81. The minimum absolute atomic E-state index is 0. The summed E-state index contributed by atoms with van der Waals surface area (Å²) in [5.41, 5.74) is 1.90. The van der Waals surface area contributed by atoms with Crippen LogP contribution in [0.3, 0.4) is 0 Å². The Labute approximate surface area is 99.8 Å². The summed E-state index contributed by atoms with van der Waals surface area (Å²) in [6.07, 6.45) is 3.87. The van der Waals surface area contributed by atoms with Gasteiger partial charge in [0.25, 0.3) is 0 Å². The van der Waals surface area contributed by atoms with Crippen molar-refractivity contribution in [1.82, 2.24) is 9.38 Å². The predicted octanol–water partition coefficient (Wildman–Crippen LogP) is 3.46. The lowest BCUT2D eigenvalue weighted by atomic mass is 10.5. The van der Waals surface area contributed by atoms with E-state index in [-0.39, 0.29) is 17.0 Å². The molecule has 2 rings (SSSR count). The van der Waals surface area contributed by atoms with E-state index in [2.05, 4.69) is 20.9 Å². The minimum atomic E-state index is 0. The number of pyridine rings is 1. The van der Waals surface area contributed by atoms with Crippen LogP contribution in [-0.4, -0.2) is 9.38 Å². The van der Waals surface area contributed by atoms with Gasteiger partial charge in [0.15, 0.2) is 0 Å². The smallest absolute Gasteiger partial charge is 0.138 e. The van der Waals surface area contributed by atoms with Crippen molar-refractivity contribution < 1.29 is 0 Å². The van der Waals surface area contributed by atoms with E-state index in [1.807, 2.05) is 28.9 Å². The molecule has 5 heteroatoms. The van der Waals surface area contributed by atoms with Gasteiger partial charge in [-0.15, -0.1) is 17.0 Å². The average Bonchev–Trinajstić information content (AvgIpc) is 2.46. The summed E-state index contributed by atoms with van der Waals surface area (Å²) in [5.74, 6) is 0. The predicted molar refractivity (Wildman–Crippen MR) is 63.2 cm³/mol. The monoisotopic (exact) mass is 324 g/mol. The summed E-state index contributed by atoms with van der Waals surface area (Å²) in [4.78, 5) is 4.32. The van der Waals surface area contributed by atoms with Crippen LogP contribution in [0.15, 0.2) is 24.5 Å². The third-order valence-electron chi connectivity index (χ3n) is 1.61. The van der Waals surface area contributed by atoms with E-state index in [0.717, 1.165) is 16.7 Å². The topological polar surface area (TPSA) is 17.3 Å². The van der Waals surface area contributed by atoms with Crippen molar-refractivity contribution in [2.45, 2.75) is 5.33 Å². The molecular weight excluding hydrogens is 319 g/mol. The molecule has 70 valence electrons. The van der Waals surface area contributed by atoms with E-state index in [1.165, 1.54) is 0 Å². The van der Waals surface area contributed by atoms with Crippen LogP contribution in [-0.2, 0) is 5.33 Å². The zero-order chi connectivity index (χ0) is 8.55. The van der Waals surface area contributed by atoms with Gasteiger partial charge in [-0.25, -0.2) is 4.98 Å². The molecule has 0 amide bonds. The summed E-state index contributed by atoms with van der Waals surface area (Å²) in [5, 5.41) is 1.49. The van der Waals surface area contributed by atoms with Crippen molar-refractivity contribution in [2.75, 3.05) is 0 Å². The first kappa shape index (κ1) is 11.0. The molecule has 0 aliphatic rings. The third kappa shape index (κ3) is 2.24. The van der Waals surface area contributed by atoms with Gasteiger partial charge in [0.2, 0.25) is 0 Å². The number of hydrogen-bond donors (Lipinski definition) is 0. The van der Waals surface area contributed by atoms with Gasteiger partial charge in [-0.05, 0) is 12.1 Å². The molecule has 2 aromatic heterocycles. The molecule has 0 unspecified atom stereocenters. The molecule has 0 N–H and O–H groups in total. The van der Waals surface area contributed by atoms with Crippen LogP contribution in [0.25, 0.3) is 5.65 Å². The molecule has 0 atom stereocenters. The normalized spacial score (nSPS) is 10.0. The molecule has 0 saturated heterocycles. The van der Waals surface area contributed by atoms with E-state index in [0.29, 0.717) is 5.02 Å². The molecule has 0 bridgehead atoms. The molecule has 2 nitrogen and oxygen atoms in total. The van der Waals surface area contributed by atoms with Crippen LogP contribution < -0.4 is 0 Å². The van der Waals surface area contributed by atoms with Crippen molar-refractivity contribution in [2.24, 2.45) is 0 Å². The van der Waals surface area contributed by atoms with E-state index < -0.39 is 0 Å². The van der Waals surface area contributed by atoms with E-state index >= 15 is 0 Å². The number of fused-ring (bicyclic) bond motifs is 1. The lowest BCUT2D eigenvalue weighted by Crippen LogP contribution is -1.79. The molecule has 0 spiro atoms. The quantitative estimate of drug-likeness (QED) is 0.734. The Morgan fingerprint density at radius 3 is 3.00 bits per heavy atom. The van der Waals surface area contributed by atoms with E-state index in [4.69, 9.17) is 11.6 Å². The summed E-state index contributed by atoms with van der Waals surface area (Å²) in [7, 11) is 0. The van der Waals surface area contributed by atoms with Gasteiger partial charge < -0.3 is 4.40 Å². The minimum Gasteiger partial charge on any atom is -0.307 e. The molecule has 0 radical (unpaired) electrons. The number of rotatable bonds is 1. The zero-order valence-corrected chi connectivity index (χ0v) is 10.6. The van der Waals surface area contributed by atoms with Crippen molar-refractivity contribution in [3.63, 3.8) is 0 Å². The standard InChI is InChI=1S/C8H6BrClN2.BrH/c9-4-7-5-12-2-1-6(10)3-8(12)11-7;/h1-3,5H,4H2;1H. The number of imidazole rings is 1. The van der Waals surface area contributed by atoms with Gasteiger partial charge in [-0.3, -0.25) is 0 Å². The highest BCUT2D eigenvalue weighted by Gasteiger charge is 1.99. The molecule has 2 heterocycles. The Balaban J connectivity index is 0.000000845. The first-order valence-electron chi connectivity index (χ1n) is 3.49. The average molecular weight is 326 g/mol. The Kier molecular flexibility index (Phi) is 3.76. The molecule has 0 aliphatic heterocycles. The Morgan fingerprint density at radius 2 is 2.31 bits per heavy atom. The van der Waals surface area contributed by atoms with Gasteiger partial charge in [-0.1, -0.05) is 27.5 Å². The second-order valence-electron chi connectivity index (χ2n) is 2.48. The Hall–Kier alpha value is -0.0600. The summed E-state index contributed by atoms with van der Waals surface area (Å²) in [6.45, 7) is 0. The van der Waals surface area contributed by atoms with Crippen LogP contribution in [0.5, 0.6) is 0 Å². The van der Waals surface area contributed by atoms with E-state index in [9.17, 15) is 0 Å². The molecule has 0 aliphatic carbocycles. The van der Waals surface area contributed by atoms with Crippen LogP contribution in [0.1, 0.15) is 5.69 Å². The highest BCUT2D eigenvalue weighted by Crippen LogP contribution is 2.13. The van der Waals surface area contributed by atoms with Crippen molar-refractivity contribution in [3.8, 4) is 0 Å². The fraction of sp³-hybridized carbons (Fsp3) is 0.125. The van der Waals surface area contributed by atoms with Crippen LogP contribution >= 0.6 is 44.5 Å². The molecule has 0 saturated carbocycles. The summed E-state index contributed by atoms with van der Waals surface area (Å²) >= 11 is 9.15. The molecular formula is C8H7Br2ClN2. The van der Waals surface area contributed by atoms with Gasteiger partial charge in [0.1, 0.15) is 5.65 Å². The van der Waals surface area contributed by atoms with Gasteiger partial charge in [0.05, 0.1) is 5.69 Å². The molecule has 0 aromatic carbocycles. The van der Waals surface area contributed by atoms with Gasteiger partial charge in [-0.2, -0.15) is 0 Å². The maximum absolute atomic E-state index is 5.81. The Bertz CT molecular complexity index is 413. The van der Waals surface area contributed by atoms with Gasteiger partial charge in [0, 0.05) is 22.7 Å². The van der Waals surface area contributed by atoms with Gasteiger partial charge >= 0.3 is 0 Å². The van der Waals surface area contributed by atoms with E-state index in [1.54, 1.807) is 0 Å². The Morgan fingerprint density at radius 1 is 1.54 bits per heavy atom. The molecule has 2 aromatic rings. The lowest BCUT2D eigenvalue weighted by molar-refractivity contribution is 1.18. The van der Waals surface area contributed by atoms with Crippen molar-refractivity contribution >= 4 is 50.2 Å². The van der Waals surface area contributed by atoms with Crippen LogP contribution in [0, 0.1) is 0 Å². The zero-order valence-electron chi connectivity index (χ0n) is 6.58. The highest BCUT2D eigenvalue weighted by molar-refractivity contribution is 9.08. The lowest BCUT2D eigenvalue weighted by Gasteiger charge is -1.90. The number of halogens is 3. The van der Waals surface area contributed by atoms with Crippen LogP contribution in [0.4, 0.5) is 0 Å².